The quantitative estimate of drug-likeness (QED) is 0.785. The highest BCUT2D eigenvalue weighted by molar-refractivity contribution is 5.85. The van der Waals surface area contributed by atoms with Crippen molar-refractivity contribution in [3.63, 3.8) is 0 Å². The van der Waals surface area contributed by atoms with Gasteiger partial charge in [-0.25, -0.2) is 0 Å². The first kappa shape index (κ1) is 17.5. The number of carboxylic acids is 1. The number of rotatable bonds is 5. The van der Waals surface area contributed by atoms with Crippen molar-refractivity contribution in [3.8, 4) is 0 Å². The van der Waals surface area contributed by atoms with Gasteiger partial charge in [0.2, 0.25) is 0 Å². The predicted octanol–water partition coefficient (Wildman–Crippen LogP) is 1.78. The van der Waals surface area contributed by atoms with Gasteiger partial charge in [0.15, 0.2) is 0 Å². The smallest absolute Gasteiger partial charge is 0.411 e. The van der Waals surface area contributed by atoms with Gasteiger partial charge in [0.05, 0.1) is 12.5 Å². The number of nitrogens with zero attached hydrogens (tertiary/aromatic N) is 1. The van der Waals surface area contributed by atoms with E-state index in [-0.39, 0.29) is 19.0 Å². The number of ether oxygens (including phenoxy) is 1. The highest BCUT2D eigenvalue weighted by Crippen LogP contribution is 2.17. The Morgan fingerprint density at radius 3 is 2.67 bits per heavy atom. The highest BCUT2D eigenvalue weighted by atomic mass is 35.5. The Labute approximate surface area is 109 Å². The molecule has 108 valence electrons. The van der Waals surface area contributed by atoms with Gasteiger partial charge in [0.1, 0.15) is 6.61 Å². The summed E-state index contributed by atoms with van der Waals surface area (Å²) in [5, 5.41) is 8.83. The Balaban J connectivity index is 0.00000289. The van der Waals surface area contributed by atoms with E-state index in [1.54, 1.807) is 0 Å². The molecule has 1 rings (SSSR count). The first-order valence-electron chi connectivity index (χ1n) is 5.48. The molecule has 0 spiro atoms. The van der Waals surface area contributed by atoms with Crippen LogP contribution in [0.4, 0.5) is 13.2 Å². The Morgan fingerprint density at radius 2 is 2.11 bits per heavy atom. The van der Waals surface area contributed by atoms with E-state index in [4.69, 9.17) is 5.11 Å². The van der Waals surface area contributed by atoms with Gasteiger partial charge in [-0.3, -0.25) is 4.79 Å². The lowest BCUT2D eigenvalue weighted by Gasteiger charge is -2.30. The Hall–Kier alpha value is -0.530. The number of alkyl halides is 3. The molecule has 1 aliphatic heterocycles. The van der Waals surface area contributed by atoms with Crippen LogP contribution in [0.5, 0.6) is 0 Å². The van der Waals surface area contributed by atoms with Crippen LogP contribution in [0.15, 0.2) is 0 Å². The molecule has 0 aromatic carbocycles. The third kappa shape index (κ3) is 7.03. The van der Waals surface area contributed by atoms with Crippen LogP contribution in [0.1, 0.15) is 12.8 Å². The summed E-state index contributed by atoms with van der Waals surface area (Å²) >= 11 is 0. The van der Waals surface area contributed by atoms with Crippen LogP contribution in [0, 0.1) is 5.92 Å². The second-order valence-electron chi connectivity index (χ2n) is 4.15. The summed E-state index contributed by atoms with van der Waals surface area (Å²) in [6.07, 6.45) is -2.91. The average molecular weight is 292 g/mol. The summed E-state index contributed by atoms with van der Waals surface area (Å²) < 4.78 is 39.8. The molecule has 1 atom stereocenters. The molecule has 0 bridgehead atoms. The zero-order valence-corrected chi connectivity index (χ0v) is 10.6. The lowest BCUT2D eigenvalue weighted by molar-refractivity contribution is -0.174. The third-order valence-electron chi connectivity index (χ3n) is 2.67. The van der Waals surface area contributed by atoms with Crippen LogP contribution in [-0.4, -0.2) is 55.0 Å². The molecule has 18 heavy (non-hydrogen) atoms. The van der Waals surface area contributed by atoms with Crippen LogP contribution in [0.25, 0.3) is 0 Å². The molecule has 1 N–H and O–H groups in total. The first-order valence-corrected chi connectivity index (χ1v) is 5.48. The van der Waals surface area contributed by atoms with Gasteiger partial charge >= 0.3 is 12.1 Å². The van der Waals surface area contributed by atoms with Crippen molar-refractivity contribution < 1.29 is 27.8 Å². The van der Waals surface area contributed by atoms with Crippen molar-refractivity contribution >= 4 is 18.4 Å². The largest absolute Gasteiger partial charge is 0.481 e. The van der Waals surface area contributed by atoms with Crippen molar-refractivity contribution in [2.24, 2.45) is 5.92 Å². The molecule has 1 saturated heterocycles. The number of halogens is 4. The van der Waals surface area contributed by atoms with Crippen molar-refractivity contribution in [3.05, 3.63) is 0 Å². The molecule has 4 nitrogen and oxygen atoms in total. The van der Waals surface area contributed by atoms with E-state index in [1.165, 1.54) is 0 Å². The van der Waals surface area contributed by atoms with Crippen LogP contribution >= 0.6 is 12.4 Å². The van der Waals surface area contributed by atoms with E-state index in [2.05, 4.69) is 4.74 Å². The number of hydrogen-bond acceptors (Lipinski definition) is 3. The minimum Gasteiger partial charge on any atom is -0.481 e. The lowest BCUT2D eigenvalue weighted by Crippen LogP contribution is -2.40. The second-order valence-corrected chi connectivity index (χ2v) is 4.15. The number of likely N-dealkylation sites (tertiary alicyclic amines) is 1. The molecule has 0 aromatic heterocycles. The molecule has 1 aliphatic rings. The molecule has 1 fully saturated rings. The predicted molar refractivity (Wildman–Crippen MR) is 60.9 cm³/mol. The molecule has 1 heterocycles. The molecule has 0 aliphatic carbocycles. The summed E-state index contributed by atoms with van der Waals surface area (Å²) in [5.41, 5.74) is 0. The van der Waals surface area contributed by atoms with E-state index in [0.29, 0.717) is 19.5 Å². The SMILES string of the molecule is Cl.O=C(O)C1CCCN(CCOCC(F)(F)F)C1. The van der Waals surface area contributed by atoms with Gasteiger partial charge < -0.3 is 14.7 Å². The third-order valence-corrected chi connectivity index (χ3v) is 2.67. The molecule has 0 saturated carbocycles. The number of hydrogen-bond donors (Lipinski definition) is 1. The van der Waals surface area contributed by atoms with E-state index in [1.807, 2.05) is 4.90 Å². The van der Waals surface area contributed by atoms with Crippen LogP contribution in [0.2, 0.25) is 0 Å². The first-order chi connectivity index (χ1) is 7.88. The van der Waals surface area contributed by atoms with Crippen molar-refractivity contribution in [1.82, 2.24) is 4.90 Å². The van der Waals surface area contributed by atoms with E-state index in [0.717, 1.165) is 13.0 Å². The van der Waals surface area contributed by atoms with Crippen molar-refractivity contribution in [2.75, 3.05) is 32.8 Å². The minimum absolute atomic E-state index is 0. The van der Waals surface area contributed by atoms with Crippen LogP contribution < -0.4 is 0 Å². The molecule has 0 amide bonds. The van der Waals surface area contributed by atoms with Crippen LogP contribution in [-0.2, 0) is 9.53 Å². The summed E-state index contributed by atoms with van der Waals surface area (Å²) in [6.45, 7) is 0.193. The van der Waals surface area contributed by atoms with E-state index < -0.39 is 24.7 Å². The van der Waals surface area contributed by atoms with E-state index in [9.17, 15) is 18.0 Å². The zero-order valence-electron chi connectivity index (χ0n) is 9.78. The average Bonchev–Trinajstić information content (AvgIpc) is 2.23. The summed E-state index contributed by atoms with van der Waals surface area (Å²) in [5.74, 6) is -1.25. The fourth-order valence-electron chi connectivity index (χ4n) is 1.84. The molecule has 0 radical (unpaired) electrons. The molecule has 0 aromatic rings. The van der Waals surface area contributed by atoms with E-state index >= 15 is 0 Å². The number of aliphatic carboxylic acids is 1. The number of piperidine rings is 1. The van der Waals surface area contributed by atoms with Gasteiger partial charge in [0, 0.05) is 13.1 Å². The lowest BCUT2D eigenvalue weighted by atomic mass is 9.98. The van der Waals surface area contributed by atoms with Gasteiger partial charge in [0.25, 0.3) is 0 Å². The van der Waals surface area contributed by atoms with Gasteiger partial charge in [-0.15, -0.1) is 12.4 Å². The monoisotopic (exact) mass is 291 g/mol. The Kier molecular flexibility index (Phi) is 7.58. The maximum absolute atomic E-state index is 11.8. The molecular formula is C10H17ClF3NO3. The fourth-order valence-corrected chi connectivity index (χ4v) is 1.84. The maximum atomic E-state index is 11.8. The number of carbonyl (C=O) groups is 1. The summed E-state index contributed by atoms with van der Waals surface area (Å²) in [7, 11) is 0. The Bertz CT molecular complexity index is 263. The zero-order chi connectivity index (χ0) is 12.9. The standard InChI is InChI=1S/C10H16F3NO3.ClH/c11-10(12,13)7-17-5-4-14-3-1-2-8(6-14)9(15)16;/h8H,1-7H2,(H,15,16);1H. The summed E-state index contributed by atoms with van der Waals surface area (Å²) in [6, 6.07) is 0. The summed E-state index contributed by atoms with van der Waals surface area (Å²) in [4.78, 5) is 12.6. The van der Waals surface area contributed by atoms with Gasteiger partial charge in [-0.1, -0.05) is 0 Å². The number of carboxylic acid groups (broad SMARTS) is 1. The van der Waals surface area contributed by atoms with Gasteiger partial charge in [-0.2, -0.15) is 13.2 Å². The van der Waals surface area contributed by atoms with Crippen LogP contribution in [0.3, 0.4) is 0 Å². The molecule has 8 heteroatoms. The maximum Gasteiger partial charge on any atom is 0.411 e. The normalized spacial score (nSPS) is 21.4. The topological polar surface area (TPSA) is 49.8 Å². The molecular weight excluding hydrogens is 275 g/mol. The second kappa shape index (κ2) is 7.81. The van der Waals surface area contributed by atoms with Gasteiger partial charge in [-0.05, 0) is 19.4 Å². The Morgan fingerprint density at radius 1 is 1.44 bits per heavy atom. The van der Waals surface area contributed by atoms with Crippen molar-refractivity contribution in [1.29, 1.82) is 0 Å². The fraction of sp³-hybridized carbons (Fsp3) is 0.900. The minimum atomic E-state index is -4.30. The van der Waals surface area contributed by atoms with Crippen molar-refractivity contribution in [2.45, 2.75) is 19.0 Å². The highest BCUT2D eigenvalue weighted by Gasteiger charge is 2.28. The molecule has 1 unspecified atom stereocenters.